The molecule has 5 rings (SSSR count). The van der Waals surface area contributed by atoms with Crippen LogP contribution < -0.4 is 15.4 Å². The Labute approximate surface area is 194 Å². The second kappa shape index (κ2) is 8.89. The van der Waals surface area contributed by atoms with Gasteiger partial charge in [0.1, 0.15) is 23.9 Å². The average Bonchev–Trinajstić information content (AvgIpc) is 2.85. The van der Waals surface area contributed by atoms with Crippen LogP contribution in [0.5, 0.6) is 5.88 Å². The number of halogens is 1. The molecule has 0 aliphatic carbocycles. The third-order valence-electron chi connectivity index (χ3n) is 5.51. The van der Waals surface area contributed by atoms with E-state index in [0.29, 0.717) is 46.8 Å². The van der Waals surface area contributed by atoms with E-state index in [2.05, 4.69) is 30.6 Å². The summed E-state index contributed by atoms with van der Waals surface area (Å²) >= 11 is 0. The van der Waals surface area contributed by atoms with E-state index in [1.54, 1.807) is 43.7 Å². The van der Waals surface area contributed by atoms with Crippen LogP contribution in [-0.4, -0.2) is 39.2 Å². The molecule has 1 atom stereocenters. The molecule has 1 unspecified atom stereocenters. The van der Waals surface area contributed by atoms with Crippen LogP contribution in [0.25, 0.3) is 21.9 Å². The van der Waals surface area contributed by atoms with E-state index in [0.717, 1.165) is 11.3 Å². The third kappa shape index (κ3) is 4.17. The van der Waals surface area contributed by atoms with Crippen LogP contribution in [0.3, 0.4) is 0 Å². The maximum atomic E-state index is 15.0. The number of carbonyl (C=O) groups is 1. The summed E-state index contributed by atoms with van der Waals surface area (Å²) in [6.45, 7) is 4.76. The van der Waals surface area contributed by atoms with Gasteiger partial charge in [-0.05, 0) is 49.1 Å². The summed E-state index contributed by atoms with van der Waals surface area (Å²) in [6, 6.07) is 6.46. The lowest BCUT2D eigenvalue weighted by Gasteiger charge is -2.21. The minimum absolute atomic E-state index is 0.270. The molecular weight excluding hydrogens is 439 g/mol. The first-order valence-corrected chi connectivity index (χ1v) is 10.7. The first kappa shape index (κ1) is 21.5. The standard InChI is InChI=1S/C24H21FN6O3/c1-13-18(12-30-23-21(13)26-6-7-33-23)17-8-15-10-20(29-11-16(15)9-19(17)25)31-24(32)34-14(2)22-27-4-3-5-28-22/h3-5,8-12,14,26H,6-7H2,1-2H3,(H,29,31,32). The Morgan fingerprint density at radius 2 is 1.94 bits per heavy atom. The van der Waals surface area contributed by atoms with Gasteiger partial charge in [0.2, 0.25) is 5.88 Å². The van der Waals surface area contributed by atoms with E-state index >= 15 is 4.39 Å². The van der Waals surface area contributed by atoms with Crippen molar-refractivity contribution in [3.05, 3.63) is 66.3 Å². The van der Waals surface area contributed by atoms with Gasteiger partial charge in [-0.15, -0.1) is 0 Å². The molecule has 9 nitrogen and oxygen atoms in total. The van der Waals surface area contributed by atoms with Crippen molar-refractivity contribution in [1.29, 1.82) is 0 Å². The quantitative estimate of drug-likeness (QED) is 0.453. The summed E-state index contributed by atoms with van der Waals surface area (Å²) in [5.74, 6) is 0.774. The molecular formula is C24H21FN6O3. The number of amides is 1. The highest BCUT2D eigenvalue weighted by molar-refractivity contribution is 5.92. The van der Waals surface area contributed by atoms with Gasteiger partial charge in [-0.2, -0.15) is 0 Å². The predicted octanol–water partition coefficient (Wildman–Crippen LogP) is 4.65. The van der Waals surface area contributed by atoms with Crippen molar-refractivity contribution in [2.75, 3.05) is 23.8 Å². The number of aromatic nitrogens is 4. The Morgan fingerprint density at radius 3 is 2.76 bits per heavy atom. The topological polar surface area (TPSA) is 111 Å². The minimum atomic E-state index is -0.699. The van der Waals surface area contributed by atoms with Crippen LogP contribution in [-0.2, 0) is 4.74 Å². The highest BCUT2D eigenvalue weighted by atomic mass is 19.1. The van der Waals surface area contributed by atoms with Crippen LogP contribution in [0, 0.1) is 12.7 Å². The van der Waals surface area contributed by atoms with E-state index in [-0.39, 0.29) is 5.82 Å². The summed E-state index contributed by atoms with van der Waals surface area (Å²) in [7, 11) is 0. The number of anilines is 2. The van der Waals surface area contributed by atoms with Crippen molar-refractivity contribution in [2.45, 2.75) is 20.0 Å². The summed E-state index contributed by atoms with van der Waals surface area (Å²) in [6.07, 6.45) is 4.91. The van der Waals surface area contributed by atoms with Gasteiger partial charge >= 0.3 is 6.09 Å². The number of pyridine rings is 2. The molecule has 4 heterocycles. The van der Waals surface area contributed by atoms with Gasteiger partial charge in [-0.3, -0.25) is 5.32 Å². The molecule has 3 aromatic heterocycles. The largest absolute Gasteiger partial charge is 0.474 e. The lowest BCUT2D eigenvalue weighted by Crippen LogP contribution is -2.20. The van der Waals surface area contributed by atoms with Gasteiger partial charge in [-0.1, -0.05) is 0 Å². The van der Waals surface area contributed by atoms with Crippen LogP contribution in [0.2, 0.25) is 0 Å². The van der Waals surface area contributed by atoms with Crippen LogP contribution in [0.15, 0.2) is 49.1 Å². The summed E-state index contributed by atoms with van der Waals surface area (Å²) < 4.78 is 25.9. The fourth-order valence-electron chi connectivity index (χ4n) is 3.80. The highest BCUT2D eigenvalue weighted by Gasteiger charge is 2.20. The van der Waals surface area contributed by atoms with Crippen molar-refractivity contribution >= 4 is 28.4 Å². The number of carbonyl (C=O) groups excluding carboxylic acids is 1. The van der Waals surface area contributed by atoms with Crippen LogP contribution in [0.4, 0.5) is 20.7 Å². The van der Waals surface area contributed by atoms with Crippen molar-refractivity contribution in [1.82, 2.24) is 19.9 Å². The zero-order valence-corrected chi connectivity index (χ0v) is 18.5. The average molecular weight is 460 g/mol. The molecule has 1 aromatic carbocycles. The Hall–Kier alpha value is -4.34. The molecule has 0 saturated carbocycles. The zero-order valence-electron chi connectivity index (χ0n) is 18.5. The molecule has 0 radical (unpaired) electrons. The fourth-order valence-corrected chi connectivity index (χ4v) is 3.80. The molecule has 4 aromatic rings. The number of nitrogens with one attached hydrogen (secondary N) is 2. The van der Waals surface area contributed by atoms with Gasteiger partial charge in [0, 0.05) is 47.8 Å². The van der Waals surface area contributed by atoms with E-state index in [9.17, 15) is 4.79 Å². The van der Waals surface area contributed by atoms with Gasteiger partial charge in [-0.25, -0.2) is 29.1 Å². The molecule has 1 amide bonds. The van der Waals surface area contributed by atoms with E-state index in [1.165, 1.54) is 12.3 Å². The number of benzene rings is 1. The van der Waals surface area contributed by atoms with Crippen molar-refractivity contribution in [3.8, 4) is 17.0 Å². The molecule has 0 saturated heterocycles. The minimum Gasteiger partial charge on any atom is -0.474 e. The van der Waals surface area contributed by atoms with Crippen LogP contribution in [0.1, 0.15) is 24.4 Å². The SMILES string of the molecule is Cc1c(-c2cc3cc(NC(=O)OC(C)c4ncccn4)ncc3cc2F)cnc2c1NCCO2. The van der Waals surface area contributed by atoms with Gasteiger partial charge in [0.05, 0.1) is 0 Å². The number of nitrogens with zero attached hydrogens (tertiary/aromatic N) is 4. The first-order valence-electron chi connectivity index (χ1n) is 10.7. The molecule has 1 aliphatic heterocycles. The third-order valence-corrected chi connectivity index (χ3v) is 5.51. The van der Waals surface area contributed by atoms with Gasteiger partial charge < -0.3 is 14.8 Å². The van der Waals surface area contributed by atoms with Gasteiger partial charge in [0.25, 0.3) is 0 Å². The second-order valence-corrected chi connectivity index (χ2v) is 7.78. The van der Waals surface area contributed by atoms with Crippen LogP contribution >= 0.6 is 0 Å². The number of fused-ring (bicyclic) bond motifs is 2. The monoisotopic (exact) mass is 460 g/mol. The highest BCUT2D eigenvalue weighted by Crippen LogP contribution is 2.37. The van der Waals surface area contributed by atoms with Crippen molar-refractivity contribution in [3.63, 3.8) is 0 Å². The number of hydrogen-bond acceptors (Lipinski definition) is 8. The van der Waals surface area contributed by atoms with E-state index in [4.69, 9.17) is 9.47 Å². The Bertz CT molecular complexity index is 1380. The Morgan fingerprint density at radius 1 is 1.12 bits per heavy atom. The molecule has 1 aliphatic rings. The molecule has 172 valence electrons. The predicted molar refractivity (Wildman–Crippen MR) is 124 cm³/mol. The number of hydrogen-bond donors (Lipinski definition) is 2. The van der Waals surface area contributed by atoms with E-state index < -0.39 is 18.0 Å². The normalized spacial score (nSPS) is 13.4. The molecule has 0 spiro atoms. The molecule has 34 heavy (non-hydrogen) atoms. The summed E-state index contributed by atoms with van der Waals surface area (Å²) in [4.78, 5) is 29.0. The summed E-state index contributed by atoms with van der Waals surface area (Å²) in [5.41, 5.74) is 2.65. The molecule has 0 fully saturated rings. The van der Waals surface area contributed by atoms with Gasteiger partial charge in [0.15, 0.2) is 11.9 Å². The molecule has 0 bridgehead atoms. The maximum absolute atomic E-state index is 15.0. The Balaban J connectivity index is 1.41. The Kier molecular flexibility index (Phi) is 5.62. The summed E-state index contributed by atoms with van der Waals surface area (Å²) in [5, 5.41) is 7.16. The molecule has 10 heteroatoms. The number of rotatable bonds is 4. The van der Waals surface area contributed by atoms with Crippen molar-refractivity contribution in [2.24, 2.45) is 0 Å². The fraction of sp³-hybridized carbons (Fsp3) is 0.208. The zero-order chi connectivity index (χ0) is 23.7. The van der Waals surface area contributed by atoms with E-state index in [1.807, 2.05) is 6.92 Å². The lowest BCUT2D eigenvalue weighted by atomic mass is 9.98. The lowest BCUT2D eigenvalue weighted by molar-refractivity contribution is 0.116. The maximum Gasteiger partial charge on any atom is 0.413 e. The molecule has 2 N–H and O–H groups in total. The number of ether oxygens (including phenoxy) is 2. The first-order chi connectivity index (χ1) is 16.5. The second-order valence-electron chi connectivity index (χ2n) is 7.78. The van der Waals surface area contributed by atoms with Crippen molar-refractivity contribution < 1.29 is 18.7 Å². The smallest absolute Gasteiger partial charge is 0.413 e.